The molecule has 2 aromatic rings. The van der Waals surface area contributed by atoms with E-state index in [1.807, 2.05) is 32.9 Å². The summed E-state index contributed by atoms with van der Waals surface area (Å²) < 4.78 is 18.9. The van der Waals surface area contributed by atoms with E-state index in [1.165, 1.54) is 17.0 Å². The molecule has 0 atom stereocenters. The summed E-state index contributed by atoms with van der Waals surface area (Å²) in [5, 5.41) is 0. The molecule has 0 fully saturated rings. The van der Waals surface area contributed by atoms with Crippen LogP contribution in [0.15, 0.2) is 36.4 Å². The van der Waals surface area contributed by atoms with E-state index < -0.39 is 0 Å². The number of halogens is 1. The molecule has 122 valence electrons. The second-order valence-electron chi connectivity index (χ2n) is 5.82. The van der Waals surface area contributed by atoms with Gasteiger partial charge in [-0.2, -0.15) is 0 Å². The number of nitrogens with zero attached hydrogens (tertiary/aromatic N) is 1. The van der Waals surface area contributed by atoms with E-state index in [-0.39, 0.29) is 18.3 Å². The van der Waals surface area contributed by atoms with Crippen LogP contribution in [0.1, 0.15) is 22.3 Å². The van der Waals surface area contributed by atoms with Crippen LogP contribution in [0.4, 0.5) is 4.39 Å². The quantitative estimate of drug-likeness (QED) is 0.840. The number of likely N-dealkylation sites (N-methyl/N-ethyl adjacent to an activating group) is 1. The van der Waals surface area contributed by atoms with Crippen molar-refractivity contribution < 1.29 is 13.9 Å². The Bertz CT molecular complexity index is 713. The van der Waals surface area contributed by atoms with E-state index >= 15 is 0 Å². The zero-order chi connectivity index (χ0) is 17.0. The number of carbonyl (C=O) groups excluding carboxylic acids is 1. The molecule has 0 bridgehead atoms. The normalized spacial score (nSPS) is 10.5. The summed E-state index contributed by atoms with van der Waals surface area (Å²) in [7, 11) is 1.69. The third-order valence-electron chi connectivity index (χ3n) is 3.95. The molecule has 2 aromatic carbocycles. The van der Waals surface area contributed by atoms with Crippen molar-refractivity contribution in [1.29, 1.82) is 0 Å². The van der Waals surface area contributed by atoms with E-state index in [1.54, 1.807) is 19.2 Å². The van der Waals surface area contributed by atoms with Gasteiger partial charge < -0.3 is 9.64 Å². The summed E-state index contributed by atoms with van der Waals surface area (Å²) in [6.07, 6.45) is 0. The standard InChI is InChI=1S/C19H22FNO2/c1-13-8-9-14(2)19(15(13)3)23-12-18(22)21(4)11-16-6-5-7-17(20)10-16/h5-10H,11-12H2,1-4H3. The summed E-state index contributed by atoms with van der Waals surface area (Å²) in [5.74, 6) is 0.317. The number of aryl methyl sites for hydroxylation is 2. The first-order valence-electron chi connectivity index (χ1n) is 7.56. The fourth-order valence-electron chi connectivity index (χ4n) is 2.39. The fourth-order valence-corrected chi connectivity index (χ4v) is 2.39. The van der Waals surface area contributed by atoms with Crippen LogP contribution >= 0.6 is 0 Å². The van der Waals surface area contributed by atoms with Gasteiger partial charge in [-0.25, -0.2) is 4.39 Å². The molecule has 0 spiro atoms. The highest BCUT2D eigenvalue weighted by molar-refractivity contribution is 5.77. The Labute approximate surface area is 136 Å². The van der Waals surface area contributed by atoms with E-state index in [4.69, 9.17) is 4.74 Å². The van der Waals surface area contributed by atoms with Gasteiger partial charge in [0.2, 0.25) is 0 Å². The topological polar surface area (TPSA) is 29.5 Å². The van der Waals surface area contributed by atoms with Gasteiger partial charge in [-0.3, -0.25) is 4.79 Å². The van der Waals surface area contributed by atoms with E-state index in [0.717, 1.165) is 28.0 Å². The van der Waals surface area contributed by atoms with Crippen LogP contribution in [-0.4, -0.2) is 24.5 Å². The monoisotopic (exact) mass is 315 g/mol. The van der Waals surface area contributed by atoms with Gasteiger partial charge in [0.15, 0.2) is 6.61 Å². The van der Waals surface area contributed by atoms with E-state index in [9.17, 15) is 9.18 Å². The van der Waals surface area contributed by atoms with Gasteiger partial charge >= 0.3 is 0 Å². The highest BCUT2D eigenvalue weighted by Gasteiger charge is 2.13. The number of rotatable bonds is 5. The van der Waals surface area contributed by atoms with Crippen molar-refractivity contribution in [2.24, 2.45) is 0 Å². The lowest BCUT2D eigenvalue weighted by molar-refractivity contribution is -0.132. The van der Waals surface area contributed by atoms with Gasteiger partial charge in [0.25, 0.3) is 5.91 Å². The first-order valence-corrected chi connectivity index (χ1v) is 7.56. The molecule has 2 rings (SSSR count). The molecule has 1 amide bonds. The number of ether oxygens (including phenoxy) is 1. The van der Waals surface area contributed by atoms with Crippen LogP contribution in [0.25, 0.3) is 0 Å². The molecule has 0 unspecified atom stereocenters. The van der Waals surface area contributed by atoms with Gasteiger partial charge in [-0.15, -0.1) is 0 Å². The lowest BCUT2D eigenvalue weighted by atomic mass is 10.1. The average molecular weight is 315 g/mol. The van der Waals surface area contributed by atoms with Crippen LogP contribution in [0, 0.1) is 26.6 Å². The zero-order valence-electron chi connectivity index (χ0n) is 14.0. The number of hydrogen-bond donors (Lipinski definition) is 0. The Hall–Kier alpha value is -2.36. The lowest BCUT2D eigenvalue weighted by Crippen LogP contribution is -2.31. The summed E-state index contributed by atoms with van der Waals surface area (Å²) in [5.41, 5.74) is 3.94. The predicted molar refractivity (Wildman–Crippen MR) is 89.0 cm³/mol. The van der Waals surface area contributed by atoms with Crippen molar-refractivity contribution in [3.8, 4) is 5.75 Å². The minimum atomic E-state index is -0.300. The smallest absolute Gasteiger partial charge is 0.260 e. The average Bonchev–Trinajstić information content (AvgIpc) is 2.51. The summed E-state index contributed by atoms with van der Waals surface area (Å²) in [6.45, 7) is 6.28. The predicted octanol–water partition coefficient (Wildman–Crippen LogP) is 3.79. The van der Waals surface area contributed by atoms with Gasteiger partial charge in [0.1, 0.15) is 11.6 Å². The Morgan fingerprint density at radius 3 is 2.52 bits per heavy atom. The molecule has 0 radical (unpaired) electrons. The maximum atomic E-state index is 13.2. The first kappa shape index (κ1) is 17.0. The molecule has 0 aliphatic heterocycles. The van der Waals surface area contributed by atoms with Gasteiger partial charge in [0.05, 0.1) is 0 Å². The number of hydrogen-bond acceptors (Lipinski definition) is 2. The minimum absolute atomic E-state index is 0.0308. The second kappa shape index (κ2) is 7.27. The SMILES string of the molecule is Cc1ccc(C)c(OCC(=O)N(C)Cc2cccc(F)c2)c1C. The van der Waals surface area contributed by atoms with Crippen molar-refractivity contribution in [2.75, 3.05) is 13.7 Å². The summed E-state index contributed by atoms with van der Waals surface area (Å²) in [4.78, 5) is 13.8. The fraction of sp³-hybridized carbons (Fsp3) is 0.316. The maximum Gasteiger partial charge on any atom is 0.260 e. The maximum absolute atomic E-state index is 13.2. The Balaban J connectivity index is 1.98. The molecule has 0 saturated heterocycles. The van der Waals surface area contributed by atoms with Crippen LogP contribution in [0.3, 0.4) is 0 Å². The highest BCUT2D eigenvalue weighted by atomic mass is 19.1. The summed E-state index contributed by atoms with van der Waals surface area (Å²) >= 11 is 0. The largest absolute Gasteiger partial charge is 0.483 e. The van der Waals surface area contributed by atoms with Crippen LogP contribution in [0.2, 0.25) is 0 Å². The molecule has 0 aromatic heterocycles. The molecule has 0 aliphatic carbocycles. The third kappa shape index (κ3) is 4.31. The van der Waals surface area contributed by atoms with Gasteiger partial charge in [-0.1, -0.05) is 24.3 Å². The van der Waals surface area contributed by atoms with Crippen molar-refractivity contribution in [2.45, 2.75) is 27.3 Å². The molecule has 0 saturated carbocycles. The molecular weight excluding hydrogens is 293 g/mol. The first-order chi connectivity index (χ1) is 10.9. The Morgan fingerprint density at radius 2 is 1.83 bits per heavy atom. The highest BCUT2D eigenvalue weighted by Crippen LogP contribution is 2.25. The van der Waals surface area contributed by atoms with Crippen molar-refractivity contribution in [3.05, 3.63) is 64.5 Å². The third-order valence-corrected chi connectivity index (χ3v) is 3.95. The number of carbonyl (C=O) groups is 1. The second-order valence-corrected chi connectivity index (χ2v) is 5.82. The Kier molecular flexibility index (Phi) is 5.37. The minimum Gasteiger partial charge on any atom is -0.483 e. The molecule has 4 heteroatoms. The molecule has 23 heavy (non-hydrogen) atoms. The van der Waals surface area contributed by atoms with Crippen LogP contribution in [-0.2, 0) is 11.3 Å². The van der Waals surface area contributed by atoms with Crippen LogP contribution < -0.4 is 4.74 Å². The summed E-state index contributed by atoms with van der Waals surface area (Å²) in [6, 6.07) is 10.3. The number of amides is 1. The lowest BCUT2D eigenvalue weighted by Gasteiger charge is -2.19. The molecular formula is C19H22FNO2. The van der Waals surface area contributed by atoms with Crippen molar-refractivity contribution in [1.82, 2.24) is 4.90 Å². The van der Waals surface area contributed by atoms with Gasteiger partial charge in [0, 0.05) is 13.6 Å². The molecule has 3 nitrogen and oxygen atoms in total. The van der Waals surface area contributed by atoms with E-state index in [0.29, 0.717) is 6.54 Å². The number of benzene rings is 2. The Morgan fingerprint density at radius 1 is 1.13 bits per heavy atom. The molecule has 0 heterocycles. The van der Waals surface area contributed by atoms with Gasteiger partial charge in [-0.05, 0) is 55.2 Å². The molecule has 0 aliphatic rings. The van der Waals surface area contributed by atoms with Crippen LogP contribution in [0.5, 0.6) is 5.75 Å². The van der Waals surface area contributed by atoms with Crippen molar-refractivity contribution >= 4 is 5.91 Å². The molecule has 0 N–H and O–H groups in total. The van der Waals surface area contributed by atoms with E-state index in [2.05, 4.69) is 0 Å². The van der Waals surface area contributed by atoms with Crippen molar-refractivity contribution in [3.63, 3.8) is 0 Å². The zero-order valence-corrected chi connectivity index (χ0v) is 14.0.